The van der Waals surface area contributed by atoms with Crippen LogP contribution in [0.3, 0.4) is 0 Å². The lowest BCUT2D eigenvalue weighted by Crippen LogP contribution is -2.47. The topological polar surface area (TPSA) is 395 Å². The number of phosphoric ester groups is 2. The second-order valence-electron chi connectivity index (χ2n) is 19.1. The minimum Gasteiger partial charge on any atom is -0.455 e. The van der Waals surface area contributed by atoms with E-state index in [4.69, 9.17) is 53.5 Å². The molecule has 6 aromatic rings. The zero-order valence-corrected chi connectivity index (χ0v) is 45.2. The number of phosphoric acid groups is 2. The Labute approximate surface area is 465 Å². The molecule has 438 valence electrons. The summed E-state index contributed by atoms with van der Waals surface area (Å²) in [5.74, 6) is -2.05. The highest BCUT2D eigenvalue weighted by Crippen LogP contribution is 2.51. The number of nitrogens with zero attached hydrogens (tertiary/aromatic N) is 7. The van der Waals surface area contributed by atoms with E-state index in [0.29, 0.717) is 29.7 Å². The van der Waals surface area contributed by atoms with Gasteiger partial charge in [0.25, 0.3) is 0 Å². The van der Waals surface area contributed by atoms with Crippen LogP contribution in [-0.4, -0.2) is 148 Å². The molecule has 82 heavy (non-hydrogen) atoms. The van der Waals surface area contributed by atoms with Gasteiger partial charge in [0.1, 0.15) is 66.6 Å². The second kappa shape index (κ2) is 26.0. The third-order valence-corrected chi connectivity index (χ3v) is 14.8. The predicted octanol–water partition coefficient (Wildman–Crippen LogP) is 3.04. The fourth-order valence-electron chi connectivity index (χ4n) is 9.28. The van der Waals surface area contributed by atoms with Crippen LogP contribution in [0, 0.1) is 5.82 Å². The molecule has 0 bridgehead atoms. The van der Waals surface area contributed by atoms with Crippen molar-refractivity contribution in [1.82, 2.24) is 34.0 Å². The third-order valence-electron chi connectivity index (χ3n) is 13.3. The summed E-state index contributed by atoms with van der Waals surface area (Å²) in [4.78, 5) is 102. The van der Waals surface area contributed by atoms with Gasteiger partial charge in [-0.3, -0.25) is 32.4 Å². The molecule has 0 radical (unpaired) electrons. The van der Waals surface area contributed by atoms with E-state index in [0.717, 1.165) is 21.4 Å². The second-order valence-corrected chi connectivity index (χ2v) is 21.7. The van der Waals surface area contributed by atoms with Crippen LogP contribution in [0.1, 0.15) is 48.4 Å². The van der Waals surface area contributed by atoms with Crippen LogP contribution in [0.15, 0.2) is 109 Å². The molecule has 0 aliphatic carbocycles. The fourth-order valence-corrected chi connectivity index (χ4v) is 10.6. The van der Waals surface area contributed by atoms with Crippen molar-refractivity contribution in [2.45, 2.75) is 100 Å². The molecule has 3 aliphatic rings. The van der Waals surface area contributed by atoms with Crippen molar-refractivity contribution >= 4 is 62.1 Å². The largest absolute Gasteiger partial charge is 0.472 e. The Morgan fingerprint density at radius 1 is 0.866 bits per heavy atom. The standard InChI is InChI=1S/C50H57FN10O19P2/c1-59(50(66)73-23-30-11-16-32(17-12-30)57-37(62)22-29-9-14-31(51)15-10-29)33(18-13-28-6-3-2-4-7-28)48(64)79-41-34(76-46(40(41)63)61-27-56-39-44(53)54-26-55-45(39)61)25-75-82(70,71)80-42-35(24-74-81(67,68)69)77-47(43(42)78-38-8-5-21-72-38)60-20-19-36(52)58-49(60)65/h2-4,6-7,9-12,14-17,19-20,26-27,33-35,38,40-43,46-47,63H,5,8,13,18,21-25H2,1H3,(H,57,62)(H,70,71)(H2,52,58,65)(H2,53,54,55)(H2,67,68,69)/t33-,34?,35+,38?,40+,41+,42+,43+,46+,47+/m0/s1. The van der Waals surface area contributed by atoms with Gasteiger partial charge >= 0.3 is 33.4 Å². The van der Waals surface area contributed by atoms with Crippen LogP contribution in [0.25, 0.3) is 11.2 Å². The highest BCUT2D eigenvalue weighted by Gasteiger charge is 2.54. The van der Waals surface area contributed by atoms with Crippen molar-refractivity contribution in [3.63, 3.8) is 0 Å². The van der Waals surface area contributed by atoms with Gasteiger partial charge in [-0.15, -0.1) is 0 Å². The van der Waals surface area contributed by atoms with Gasteiger partial charge in [0.2, 0.25) is 5.91 Å². The number of hydrogen-bond donors (Lipinski definition) is 7. The van der Waals surface area contributed by atoms with Crippen molar-refractivity contribution in [2.75, 3.05) is 43.7 Å². The van der Waals surface area contributed by atoms with Gasteiger partial charge in [-0.05, 0) is 66.3 Å². The van der Waals surface area contributed by atoms with E-state index >= 15 is 0 Å². The van der Waals surface area contributed by atoms with E-state index < -0.39 is 114 Å². The van der Waals surface area contributed by atoms with Gasteiger partial charge in [-0.2, -0.15) is 4.98 Å². The number of aliphatic hydroxyl groups excluding tert-OH is 1. The molecule has 32 heteroatoms. The Kier molecular flexibility index (Phi) is 18.8. The Morgan fingerprint density at radius 2 is 1.57 bits per heavy atom. The number of fused-ring (bicyclic) bond motifs is 1. The van der Waals surface area contributed by atoms with E-state index in [2.05, 4.69) is 25.3 Å². The Bertz CT molecular complexity index is 3360. The maximum absolute atomic E-state index is 14.6. The van der Waals surface area contributed by atoms with E-state index in [1.807, 2.05) is 0 Å². The molecule has 0 spiro atoms. The molecule has 6 heterocycles. The molecule has 3 aromatic carbocycles. The normalized spacial score (nSPS) is 23.8. The summed E-state index contributed by atoms with van der Waals surface area (Å²) in [6, 6.07) is 20.7. The lowest BCUT2D eigenvalue weighted by Gasteiger charge is -2.30. The van der Waals surface area contributed by atoms with Crippen LogP contribution < -0.4 is 22.5 Å². The lowest BCUT2D eigenvalue weighted by molar-refractivity contribution is -0.181. The summed E-state index contributed by atoms with van der Waals surface area (Å²) in [6.07, 6.45) is -10.8. The first-order valence-corrected chi connectivity index (χ1v) is 28.4. The van der Waals surface area contributed by atoms with Crippen LogP contribution in [0.2, 0.25) is 0 Å². The van der Waals surface area contributed by atoms with Gasteiger partial charge < -0.3 is 65.0 Å². The van der Waals surface area contributed by atoms with Gasteiger partial charge in [-0.25, -0.2) is 42.9 Å². The monoisotopic (exact) mass is 1180 g/mol. The number of aromatic nitrogens is 6. The van der Waals surface area contributed by atoms with E-state index in [-0.39, 0.29) is 61.2 Å². The van der Waals surface area contributed by atoms with E-state index in [1.165, 1.54) is 54.5 Å². The van der Waals surface area contributed by atoms with E-state index in [1.54, 1.807) is 54.6 Å². The number of ether oxygens (including phenoxy) is 6. The Hall–Kier alpha value is -7.15. The number of carbonyl (C=O) groups is 3. The number of aliphatic hydroxyl groups is 1. The smallest absolute Gasteiger partial charge is 0.455 e. The molecule has 3 aliphatic heterocycles. The SMILES string of the molecule is CN(C(=O)OCc1ccc(NC(=O)Cc2ccc(F)cc2)cc1)[C@@H](CCc1ccccc1)C(=O)O[C@@H]1C(COP(=O)(O)O[C@H]2[C@@H](OC3CCCO3)[C@H](n3ccc(N)nc3=O)O[C@@H]2COP(=O)(O)O)O[C@@H](n2cnc3c(N)ncnc32)[C@@H]1O. The number of imidazole rings is 1. The zero-order valence-electron chi connectivity index (χ0n) is 43.4. The molecule has 3 aromatic heterocycles. The number of anilines is 3. The number of aryl methyl sites for hydroxylation is 1. The van der Waals surface area contributed by atoms with Gasteiger partial charge in [-0.1, -0.05) is 54.6 Å². The summed E-state index contributed by atoms with van der Waals surface area (Å²) >= 11 is 0. The van der Waals surface area contributed by atoms with Crippen molar-refractivity contribution in [1.29, 1.82) is 0 Å². The minimum atomic E-state index is -5.50. The minimum absolute atomic E-state index is 0.000302. The van der Waals surface area contributed by atoms with Crippen molar-refractivity contribution in [3.05, 3.63) is 137 Å². The maximum atomic E-state index is 14.6. The summed E-state index contributed by atoms with van der Waals surface area (Å²) in [7, 11) is -9.43. The van der Waals surface area contributed by atoms with Gasteiger partial charge in [0.05, 0.1) is 26.0 Å². The average molecular weight is 1180 g/mol. The molecule has 3 fully saturated rings. The van der Waals surface area contributed by atoms with Crippen molar-refractivity contribution < 1.29 is 89.7 Å². The van der Waals surface area contributed by atoms with E-state index in [9.17, 15) is 52.5 Å². The highest BCUT2D eigenvalue weighted by molar-refractivity contribution is 7.47. The Balaban J connectivity index is 0.939. The Morgan fingerprint density at radius 3 is 2.28 bits per heavy atom. The molecule has 11 atom stereocenters. The molecule has 3 saturated heterocycles. The number of carbonyl (C=O) groups excluding carboxylic acids is 3. The molecular formula is C50H57FN10O19P2. The summed E-state index contributed by atoms with van der Waals surface area (Å²) < 4.78 is 93.3. The van der Waals surface area contributed by atoms with Gasteiger partial charge in [0, 0.05) is 32.0 Å². The number of amides is 2. The number of benzene rings is 3. The first-order valence-electron chi connectivity index (χ1n) is 25.4. The van der Waals surface area contributed by atoms with Gasteiger partial charge in [0.15, 0.2) is 36.3 Å². The quantitative estimate of drug-likeness (QED) is 0.0358. The molecule has 0 saturated carbocycles. The summed E-state index contributed by atoms with van der Waals surface area (Å²) in [6.45, 7) is -1.99. The lowest BCUT2D eigenvalue weighted by atomic mass is 10.0. The third kappa shape index (κ3) is 14.9. The van der Waals surface area contributed by atoms with Crippen LogP contribution in [0.4, 0.5) is 26.5 Å². The van der Waals surface area contributed by atoms with Crippen LogP contribution in [-0.2, 0) is 80.2 Å². The number of nitrogens with one attached hydrogen (secondary N) is 1. The number of hydrogen-bond acceptors (Lipinski definition) is 22. The van der Waals surface area contributed by atoms with Crippen molar-refractivity contribution in [3.8, 4) is 0 Å². The van der Waals surface area contributed by atoms with Crippen molar-refractivity contribution in [2.24, 2.45) is 0 Å². The number of halogens is 1. The summed E-state index contributed by atoms with van der Waals surface area (Å²) in [5, 5.41) is 14.8. The highest BCUT2D eigenvalue weighted by atomic mass is 31.2. The number of rotatable bonds is 23. The number of nitrogen functional groups attached to an aromatic ring is 2. The summed E-state index contributed by atoms with van der Waals surface area (Å²) in [5.41, 5.74) is 13.3. The molecule has 9 rings (SSSR count). The predicted molar refractivity (Wildman–Crippen MR) is 281 cm³/mol. The molecule has 2 amide bonds. The first-order chi connectivity index (χ1) is 39.2. The van der Waals surface area contributed by atoms with Crippen LogP contribution in [0.5, 0.6) is 0 Å². The fraction of sp³-hybridized carbons (Fsp3) is 0.400. The first kappa shape index (κ1) is 59.5. The zero-order chi connectivity index (χ0) is 58.3. The molecular weight excluding hydrogens is 1130 g/mol. The molecule has 9 N–H and O–H groups in total. The van der Waals surface area contributed by atoms with Crippen LogP contribution >= 0.6 is 15.6 Å². The molecule has 3 unspecified atom stereocenters. The average Bonchev–Trinajstić information content (AvgIpc) is 4.45. The number of likely N-dealkylation sites (N-methyl/N-ethyl adjacent to an activating group) is 1. The molecule has 29 nitrogen and oxygen atoms in total. The number of nitrogens with two attached hydrogens (primary N) is 2. The number of esters is 1. The maximum Gasteiger partial charge on any atom is 0.472 e.